The first-order chi connectivity index (χ1) is 5.65. The van der Waals surface area contributed by atoms with Gasteiger partial charge >= 0.3 is 5.00 Å². The maximum Gasteiger partial charge on any atom is 0.324 e. The molecular weight excluding hydrogens is 178 g/mol. The van der Waals surface area contributed by atoms with Gasteiger partial charge in [-0.05, 0) is 6.07 Å². The molecular formula is C6H5N3O2S. The molecule has 1 heterocycles. The maximum absolute atomic E-state index is 10.2. The Morgan fingerprint density at radius 3 is 2.83 bits per heavy atom. The third-order valence-electron chi connectivity index (χ3n) is 1.24. The number of nitriles is 1. The van der Waals surface area contributed by atoms with Gasteiger partial charge in [0.15, 0.2) is 0 Å². The summed E-state index contributed by atoms with van der Waals surface area (Å²) in [5, 5.41) is 18.6. The van der Waals surface area contributed by atoms with E-state index in [-0.39, 0.29) is 5.00 Å². The Kier molecular flexibility index (Phi) is 2.38. The molecule has 0 saturated heterocycles. The van der Waals surface area contributed by atoms with Gasteiger partial charge in [0.2, 0.25) is 0 Å². The monoisotopic (exact) mass is 183 g/mol. The van der Waals surface area contributed by atoms with E-state index in [0.717, 1.165) is 11.3 Å². The predicted octanol–water partition coefficient (Wildman–Crippen LogP) is 1.18. The first kappa shape index (κ1) is 8.64. The predicted molar refractivity (Wildman–Crippen MR) is 43.5 cm³/mol. The zero-order chi connectivity index (χ0) is 9.14. The van der Waals surface area contributed by atoms with Crippen molar-refractivity contribution >= 4 is 16.3 Å². The van der Waals surface area contributed by atoms with Crippen molar-refractivity contribution in [2.24, 2.45) is 5.73 Å². The van der Waals surface area contributed by atoms with Gasteiger partial charge in [0.05, 0.1) is 11.0 Å². The summed E-state index contributed by atoms with van der Waals surface area (Å²) in [7, 11) is 0. The average molecular weight is 183 g/mol. The van der Waals surface area contributed by atoms with E-state index in [2.05, 4.69) is 0 Å². The SMILES string of the molecule is N#C[C@@H](N)c1ccc([N+](=O)[O-])s1. The van der Waals surface area contributed by atoms with E-state index < -0.39 is 11.0 Å². The van der Waals surface area contributed by atoms with Crippen LogP contribution in [0.5, 0.6) is 0 Å². The molecule has 6 heteroatoms. The minimum Gasteiger partial charge on any atom is -0.312 e. The first-order valence-corrected chi connectivity index (χ1v) is 3.86. The smallest absolute Gasteiger partial charge is 0.312 e. The van der Waals surface area contributed by atoms with Gasteiger partial charge in [-0.1, -0.05) is 11.3 Å². The van der Waals surface area contributed by atoms with Crippen LogP contribution in [0.1, 0.15) is 10.9 Å². The Balaban J connectivity index is 2.93. The Hall–Kier alpha value is -1.45. The van der Waals surface area contributed by atoms with E-state index in [0.29, 0.717) is 4.88 Å². The van der Waals surface area contributed by atoms with Crippen LogP contribution in [0.3, 0.4) is 0 Å². The number of nitrogens with zero attached hydrogens (tertiary/aromatic N) is 2. The van der Waals surface area contributed by atoms with Crippen molar-refractivity contribution in [3.8, 4) is 6.07 Å². The second-order valence-electron chi connectivity index (χ2n) is 2.04. The Morgan fingerprint density at radius 1 is 1.75 bits per heavy atom. The molecule has 0 saturated carbocycles. The molecule has 0 unspecified atom stereocenters. The number of thiophene rings is 1. The van der Waals surface area contributed by atoms with Gasteiger partial charge in [-0.3, -0.25) is 10.1 Å². The number of nitro groups is 1. The average Bonchev–Trinajstić information content (AvgIpc) is 2.51. The highest BCUT2D eigenvalue weighted by molar-refractivity contribution is 7.15. The normalized spacial score (nSPS) is 12.0. The van der Waals surface area contributed by atoms with Crippen molar-refractivity contribution in [1.82, 2.24) is 0 Å². The summed E-state index contributed by atoms with van der Waals surface area (Å²) in [6.45, 7) is 0. The van der Waals surface area contributed by atoms with Crippen LogP contribution < -0.4 is 5.73 Å². The molecule has 1 aromatic heterocycles. The zero-order valence-electron chi connectivity index (χ0n) is 5.93. The van der Waals surface area contributed by atoms with E-state index in [1.54, 1.807) is 6.07 Å². The molecule has 62 valence electrons. The van der Waals surface area contributed by atoms with E-state index in [4.69, 9.17) is 11.0 Å². The van der Waals surface area contributed by atoms with E-state index in [1.165, 1.54) is 12.1 Å². The summed E-state index contributed by atoms with van der Waals surface area (Å²) < 4.78 is 0. The van der Waals surface area contributed by atoms with Crippen LogP contribution in [0.25, 0.3) is 0 Å². The Morgan fingerprint density at radius 2 is 2.42 bits per heavy atom. The van der Waals surface area contributed by atoms with Crippen LogP contribution in [0.15, 0.2) is 12.1 Å². The number of hydrogen-bond acceptors (Lipinski definition) is 5. The molecule has 0 aliphatic heterocycles. The van der Waals surface area contributed by atoms with Crippen molar-refractivity contribution in [2.45, 2.75) is 6.04 Å². The van der Waals surface area contributed by atoms with Gasteiger partial charge in [-0.2, -0.15) is 5.26 Å². The lowest BCUT2D eigenvalue weighted by molar-refractivity contribution is -0.380. The molecule has 0 aliphatic rings. The molecule has 0 aliphatic carbocycles. The third kappa shape index (κ3) is 1.58. The largest absolute Gasteiger partial charge is 0.324 e. The van der Waals surface area contributed by atoms with Gasteiger partial charge < -0.3 is 5.73 Å². The first-order valence-electron chi connectivity index (χ1n) is 3.04. The summed E-state index contributed by atoms with van der Waals surface area (Å²) >= 11 is 0.927. The number of rotatable bonds is 2. The van der Waals surface area contributed by atoms with Crippen molar-refractivity contribution in [1.29, 1.82) is 5.26 Å². The molecule has 0 radical (unpaired) electrons. The highest BCUT2D eigenvalue weighted by Crippen LogP contribution is 2.27. The van der Waals surface area contributed by atoms with E-state index in [9.17, 15) is 10.1 Å². The molecule has 12 heavy (non-hydrogen) atoms. The van der Waals surface area contributed by atoms with Gasteiger partial charge in [0.1, 0.15) is 6.04 Å². The van der Waals surface area contributed by atoms with Crippen LogP contribution in [0.4, 0.5) is 5.00 Å². The molecule has 0 fully saturated rings. The lowest BCUT2D eigenvalue weighted by atomic mass is 10.3. The molecule has 1 rings (SSSR count). The molecule has 5 nitrogen and oxygen atoms in total. The summed E-state index contributed by atoms with van der Waals surface area (Å²) in [6.07, 6.45) is 0. The second kappa shape index (κ2) is 3.30. The quantitative estimate of drug-likeness (QED) is 0.550. The highest BCUT2D eigenvalue weighted by Gasteiger charge is 2.13. The van der Waals surface area contributed by atoms with Gasteiger partial charge in [0, 0.05) is 10.9 Å². The number of hydrogen-bond donors (Lipinski definition) is 1. The van der Waals surface area contributed by atoms with Crippen molar-refractivity contribution < 1.29 is 4.92 Å². The topological polar surface area (TPSA) is 93.0 Å². The third-order valence-corrected chi connectivity index (χ3v) is 2.36. The fourth-order valence-corrected chi connectivity index (χ4v) is 1.44. The standard InChI is InChI=1S/C6H5N3O2S/c7-3-4(8)5-1-2-6(12-5)9(10)11/h1-2,4H,8H2/t4-/m1/s1. The number of nitrogens with two attached hydrogens (primary N) is 1. The summed E-state index contributed by atoms with van der Waals surface area (Å²) in [5.41, 5.74) is 5.33. The van der Waals surface area contributed by atoms with E-state index >= 15 is 0 Å². The molecule has 0 amide bonds. The summed E-state index contributed by atoms with van der Waals surface area (Å²) in [6, 6.07) is 3.88. The van der Waals surface area contributed by atoms with Crippen LogP contribution >= 0.6 is 11.3 Å². The highest BCUT2D eigenvalue weighted by atomic mass is 32.1. The summed E-state index contributed by atoms with van der Waals surface area (Å²) in [5.74, 6) is 0. The second-order valence-corrected chi connectivity index (χ2v) is 3.13. The maximum atomic E-state index is 10.2. The Labute approximate surface area is 72.2 Å². The lowest BCUT2D eigenvalue weighted by Gasteiger charge is -1.93. The van der Waals surface area contributed by atoms with Gasteiger partial charge in [0.25, 0.3) is 0 Å². The molecule has 1 atom stereocenters. The van der Waals surface area contributed by atoms with Crippen LogP contribution in [0, 0.1) is 21.4 Å². The zero-order valence-corrected chi connectivity index (χ0v) is 6.75. The van der Waals surface area contributed by atoms with Crippen molar-refractivity contribution in [3.63, 3.8) is 0 Å². The molecule has 0 aromatic carbocycles. The lowest BCUT2D eigenvalue weighted by Crippen LogP contribution is -2.04. The van der Waals surface area contributed by atoms with Gasteiger partial charge in [-0.25, -0.2) is 0 Å². The van der Waals surface area contributed by atoms with Crippen LogP contribution in [-0.4, -0.2) is 4.92 Å². The molecule has 1 aromatic rings. The van der Waals surface area contributed by atoms with Crippen LogP contribution in [-0.2, 0) is 0 Å². The van der Waals surface area contributed by atoms with Gasteiger partial charge in [-0.15, -0.1) is 0 Å². The molecule has 2 N–H and O–H groups in total. The minimum absolute atomic E-state index is 0.00991. The fourth-order valence-electron chi connectivity index (χ4n) is 0.671. The molecule has 0 bridgehead atoms. The molecule has 0 spiro atoms. The fraction of sp³-hybridized carbons (Fsp3) is 0.167. The van der Waals surface area contributed by atoms with E-state index in [1.807, 2.05) is 0 Å². The summed E-state index contributed by atoms with van der Waals surface area (Å²) in [4.78, 5) is 10.2. The van der Waals surface area contributed by atoms with Crippen molar-refractivity contribution in [3.05, 3.63) is 27.1 Å². The van der Waals surface area contributed by atoms with Crippen LogP contribution in [0.2, 0.25) is 0 Å². The van der Waals surface area contributed by atoms with Crippen molar-refractivity contribution in [2.75, 3.05) is 0 Å². The Bertz CT molecular complexity index is 341. The minimum atomic E-state index is -0.760.